The Morgan fingerprint density at radius 2 is 1.86 bits per heavy atom. The molecule has 5 heteroatoms. The molecule has 0 aromatic carbocycles. The van der Waals surface area contributed by atoms with E-state index in [9.17, 15) is 4.79 Å². The molecule has 2 heterocycles. The fourth-order valence-electron chi connectivity index (χ4n) is 3.81. The summed E-state index contributed by atoms with van der Waals surface area (Å²) in [6, 6.07) is 1.01. The van der Waals surface area contributed by atoms with E-state index in [1.165, 1.54) is 6.42 Å². The zero-order valence-corrected chi connectivity index (χ0v) is 15.7. The molecule has 0 aliphatic carbocycles. The Labute approximate surface area is 142 Å². The van der Waals surface area contributed by atoms with Crippen molar-refractivity contribution in [1.29, 1.82) is 0 Å². The second-order valence-electron chi connectivity index (χ2n) is 7.79. The molecular formula is C17H34ClN3O. The van der Waals surface area contributed by atoms with E-state index in [0.717, 1.165) is 38.9 Å². The summed E-state index contributed by atoms with van der Waals surface area (Å²) in [6.07, 6.45) is 4.52. The average molecular weight is 332 g/mol. The minimum absolute atomic E-state index is 0. The molecule has 0 aromatic rings. The van der Waals surface area contributed by atoms with Gasteiger partial charge in [-0.15, -0.1) is 12.4 Å². The molecule has 1 unspecified atom stereocenters. The minimum Gasteiger partial charge on any atom is -0.341 e. The average Bonchev–Trinajstić information content (AvgIpc) is 2.45. The van der Waals surface area contributed by atoms with Crippen LogP contribution in [0.1, 0.15) is 53.4 Å². The maximum atomic E-state index is 12.9. The molecule has 2 aliphatic rings. The highest BCUT2D eigenvalue weighted by molar-refractivity contribution is 5.85. The molecule has 0 spiro atoms. The van der Waals surface area contributed by atoms with Gasteiger partial charge >= 0.3 is 0 Å². The number of carbonyl (C=O) groups excluding carboxylic acids is 1. The Morgan fingerprint density at radius 1 is 1.27 bits per heavy atom. The van der Waals surface area contributed by atoms with Crippen LogP contribution in [0.4, 0.5) is 0 Å². The van der Waals surface area contributed by atoms with Crippen LogP contribution in [0.15, 0.2) is 0 Å². The summed E-state index contributed by atoms with van der Waals surface area (Å²) in [7, 11) is 2.00. The molecule has 1 amide bonds. The SMILES string of the molecule is CC(C)N1CCC(N(C)C(=O)C2NCCCC2(C)C)CC1.Cl. The maximum absolute atomic E-state index is 12.9. The zero-order valence-electron chi connectivity index (χ0n) is 14.9. The predicted molar refractivity (Wildman–Crippen MR) is 94.6 cm³/mol. The van der Waals surface area contributed by atoms with Crippen LogP contribution in [-0.4, -0.2) is 60.5 Å². The standard InChI is InChI=1S/C17H33N3O.ClH/c1-13(2)20-11-7-14(8-12-20)19(5)16(21)15-17(3,4)9-6-10-18-15;/h13-15,18H,6-12H2,1-5H3;1H. The van der Waals surface area contributed by atoms with Crippen LogP contribution in [0.3, 0.4) is 0 Å². The molecule has 1 atom stereocenters. The number of nitrogens with zero attached hydrogens (tertiary/aromatic N) is 2. The summed E-state index contributed by atoms with van der Waals surface area (Å²) in [4.78, 5) is 17.4. The fourth-order valence-corrected chi connectivity index (χ4v) is 3.81. The molecule has 0 saturated carbocycles. The van der Waals surface area contributed by atoms with Gasteiger partial charge in [0.25, 0.3) is 0 Å². The zero-order chi connectivity index (χ0) is 15.6. The van der Waals surface area contributed by atoms with E-state index in [-0.39, 0.29) is 23.9 Å². The van der Waals surface area contributed by atoms with E-state index in [1.54, 1.807) is 0 Å². The normalized spacial score (nSPS) is 26.5. The van der Waals surface area contributed by atoms with Crippen LogP contribution < -0.4 is 5.32 Å². The molecule has 1 N–H and O–H groups in total. The molecule has 2 saturated heterocycles. The van der Waals surface area contributed by atoms with E-state index in [1.807, 2.05) is 11.9 Å². The number of piperidine rings is 2. The molecule has 22 heavy (non-hydrogen) atoms. The summed E-state index contributed by atoms with van der Waals surface area (Å²) in [5, 5.41) is 3.45. The van der Waals surface area contributed by atoms with Gasteiger partial charge in [-0.25, -0.2) is 0 Å². The molecule has 0 bridgehead atoms. The van der Waals surface area contributed by atoms with Crippen molar-refractivity contribution < 1.29 is 4.79 Å². The first-order valence-corrected chi connectivity index (χ1v) is 8.57. The number of rotatable bonds is 3. The van der Waals surface area contributed by atoms with E-state index in [2.05, 4.69) is 37.9 Å². The van der Waals surface area contributed by atoms with Gasteiger partial charge in [0, 0.05) is 32.2 Å². The highest BCUT2D eigenvalue weighted by atomic mass is 35.5. The number of carbonyl (C=O) groups is 1. The van der Waals surface area contributed by atoms with Crippen LogP contribution >= 0.6 is 12.4 Å². The Bertz CT molecular complexity index is 365. The minimum atomic E-state index is -0.0145. The van der Waals surface area contributed by atoms with Gasteiger partial charge < -0.3 is 15.1 Å². The van der Waals surface area contributed by atoms with Crippen LogP contribution in [-0.2, 0) is 4.79 Å². The van der Waals surface area contributed by atoms with Crippen molar-refractivity contribution in [2.24, 2.45) is 5.41 Å². The second-order valence-corrected chi connectivity index (χ2v) is 7.79. The monoisotopic (exact) mass is 331 g/mol. The van der Waals surface area contributed by atoms with Gasteiger partial charge in [-0.3, -0.25) is 4.79 Å². The van der Waals surface area contributed by atoms with Gasteiger partial charge in [0.15, 0.2) is 0 Å². The molecule has 2 rings (SSSR count). The summed E-state index contributed by atoms with van der Waals surface area (Å²) in [5.74, 6) is 0.294. The lowest BCUT2D eigenvalue weighted by Crippen LogP contribution is -2.58. The number of nitrogens with one attached hydrogen (secondary N) is 1. The van der Waals surface area contributed by atoms with Crippen molar-refractivity contribution in [2.45, 2.75) is 71.5 Å². The first kappa shape index (κ1) is 19.7. The summed E-state index contributed by atoms with van der Waals surface area (Å²) in [6.45, 7) is 12.1. The first-order chi connectivity index (χ1) is 9.83. The Morgan fingerprint density at radius 3 is 2.36 bits per heavy atom. The number of amides is 1. The van der Waals surface area contributed by atoms with Crippen molar-refractivity contribution in [3.63, 3.8) is 0 Å². The molecule has 2 aliphatic heterocycles. The number of likely N-dealkylation sites (N-methyl/N-ethyl adjacent to an activating group) is 1. The Balaban J connectivity index is 0.00000242. The van der Waals surface area contributed by atoms with Gasteiger partial charge in [0.2, 0.25) is 5.91 Å². The lowest BCUT2D eigenvalue weighted by atomic mass is 9.77. The largest absolute Gasteiger partial charge is 0.341 e. The van der Waals surface area contributed by atoms with Crippen molar-refractivity contribution in [3.8, 4) is 0 Å². The van der Waals surface area contributed by atoms with Gasteiger partial charge in [-0.05, 0) is 51.5 Å². The van der Waals surface area contributed by atoms with Crippen molar-refractivity contribution in [2.75, 3.05) is 26.7 Å². The molecule has 130 valence electrons. The van der Waals surface area contributed by atoms with Gasteiger partial charge in [-0.2, -0.15) is 0 Å². The summed E-state index contributed by atoms with van der Waals surface area (Å²) in [5.41, 5.74) is 0.0717. The lowest BCUT2D eigenvalue weighted by Gasteiger charge is -2.43. The third kappa shape index (κ3) is 4.36. The quantitative estimate of drug-likeness (QED) is 0.863. The smallest absolute Gasteiger partial charge is 0.240 e. The topological polar surface area (TPSA) is 35.6 Å². The first-order valence-electron chi connectivity index (χ1n) is 8.57. The number of halogens is 1. The van der Waals surface area contributed by atoms with E-state index >= 15 is 0 Å². The lowest BCUT2D eigenvalue weighted by molar-refractivity contribution is -0.139. The van der Waals surface area contributed by atoms with Gasteiger partial charge in [0.05, 0.1) is 6.04 Å². The molecular weight excluding hydrogens is 298 g/mol. The highest BCUT2D eigenvalue weighted by Crippen LogP contribution is 2.31. The highest BCUT2D eigenvalue weighted by Gasteiger charge is 2.40. The van der Waals surface area contributed by atoms with Crippen molar-refractivity contribution in [3.05, 3.63) is 0 Å². The van der Waals surface area contributed by atoms with Crippen molar-refractivity contribution in [1.82, 2.24) is 15.1 Å². The third-order valence-electron chi connectivity index (χ3n) is 5.50. The van der Waals surface area contributed by atoms with E-state index in [4.69, 9.17) is 0 Å². The number of hydrogen-bond donors (Lipinski definition) is 1. The second kappa shape index (κ2) is 7.98. The molecule has 2 fully saturated rings. The summed E-state index contributed by atoms with van der Waals surface area (Å²) < 4.78 is 0. The van der Waals surface area contributed by atoms with Crippen LogP contribution in [0.25, 0.3) is 0 Å². The van der Waals surface area contributed by atoms with E-state index < -0.39 is 0 Å². The van der Waals surface area contributed by atoms with Gasteiger partial charge in [-0.1, -0.05) is 13.8 Å². The van der Waals surface area contributed by atoms with Crippen LogP contribution in [0.5, 0.6) is 0 Å². The van der Waals surface area contributed by atoms with Gasteiger partial charge in [0.1, 0.15) is 0 Å². The van der Waals surface area contributed by atoms with Crippen LogP contribution in [0.2, 0.25) is 0 Å². The number of likely N-dealkylation sites (tertiary alicyclic amines) is 1. The molecule has 4 nitrogen and oxygen atoms in total. The van der Waals surface area contributed by atoms with Crippen LogP contribution in [0, 0.1) is 5.41 Å². The Hall–Kier alpha value is -0.320. The summed E-state index contributed by atoms with van der Waals surface area (Å²) >= 11 is 0. The predicted octanol–water partition coefficient (Wildman–Crippen LogP) is 2.52. The fraction of sp³-hybridized carbons (Fsp3) is 0.941. The third-order valence-corrected chi connectivity index (χ3v) is 5.50. The molecule has 0 radical (unpaired) electrons. The molecule has 0 aromatic heterocycles. The van der Waals surface area contributed by atoms with Crippen molar-refractivity contribution >= 4 is 18.3 Å². The maximum Gasteiger partial charge on any atom is 0.240 e. The number of hydrogen-bond acceptors (Lipinski definition) is 3. The Kier molecular flexibility index (Phi) is 7.16. The van der Waals surface area contributed by atoms with E-state index in [0.29, 0.717) is 18.0 Å².